The van der Waals surface area contributed by atoms with Gasteiger partial charge in [0, 0.05) is 43.9 Å². The lowest BCUT2D eigenvalue weighted by atomic mass is 10.0. The van der Waals surface area contributed by atoms with Crippen molar-refractivity contribution in [1.29, 1.82) is 0 Å². The molecular weight excluding hydrogens is 457 g/mol. The number of aliphatic carboxylic acids is 1. The Balaban J connectivity index is 1.70. The van der Waals surface area contributed by atoms with Gasteiger partial charge in [0.25, 0.3) is 5.91 Å². The normalized spacial score (nSPS) is 15.1. The third-order valence-corrected chi connectivity index (χ3v) is 6.01. The number of carbonyl (C=O) groups excluding carboxylic acids is 1. The topological polar surface area (TPSA) is 117 Å². The highest BCUT2D eigenvalue weighted by atomic mass is 35.5. The second-order valence-corrected chi connectivity index (χ2v) is 8.30. The Morgan fingerprint density at radius 3 is 2.53 bits per heavy atom. The van der Waals surface area contributed by atoms with Crippen molar-refractivity contribution in [2.24, 2.45) is 0 Å². The summed E-state index contributed by atoms with van der Waals surface area (Å²) in [6.45, 7) is 1.15. The maximum Gasteiger partial charge on any atom is 0.317 e. The highest BCUT2D eigenvalue weighted by molar-refractivity contribution is 6.39. The molecule has 3 aromatic rings. The van der Waals surface area contributed by atoms with Crippen LogP contribution in [0.4, 0.5) is 5.69 Å². The first-order valence-corrected chi connectivity index (χ1v) is 10.6. The summed E-state index contributed by atoms with van der Waals surface area (Å²) in [5, 5.41) is 12.3. The highest BCUT2D eigenvalue weighted by Crippen LogP contribution is 2.29. The van der Waals surface area contributed by atoms with E-state index in [0.717, 1.165) is 0 Å². The number of piperidine rings is 1. The van der Waals surface area contributed by atoms with Gasteiger partial charge in [0.2, 0.25) is 5.43 Å². The SMILES string of the molecule is O=C(O)CN1CCC(n2cc(C(=O)Nc3c(Cl)cncc3Cl)c(=O)c3cccnc32)CC1. The molecule has 9 nitrogen and oxygen atoms in total. The van der Waals surface area contributed by atoms with E-state index in [-0.39, 0.29) is 33.9 Å². The zero-order chi connectivity index (χ0) is 22.8. The Morgan fingerprint density at radius 1 is 1.19 bits per heavy atom. The van der Waals surface area contributed by atoms with Gasteiger partial charge in [-0.2, -0.15) is 0 Å². The van der Waals surface area contributed by atoms with E-state index in [1.165, 1.54) is 18.6 Å². The summed E-state index contributed by atoms with van der Waals surface area (Å²) in [5.74, 6) is -1.51. The molecule has 1 saturated heterocycles. The van der Waals surface area contributed by atoms with Crippen LogP contribution in [0.5, 0.6) is 0 Å². The number of rotatable bonds is 5. The molecule has 1 aliphatic heterocycles. The van der Waals surface area contributed by atoms with Gasteiger partial charge >= 0.3 is 5.97 Å². The number of hydrogen-bond donors (Lipinski definition) is 2. The minimum Gasteiger partial charge on any atom is -0.480 e. The molecule has 0 bridgehead atoms. The van der Waals surface area contributed by atoms with E-state index in [9.17, 15) is 14.4 Å². The average molecular weight is 476 g/mol. The molecule has 11 heteroatoms. The van der Waals surface area contributed by atoms with Crippen LogP contribution >= 0.6 is 23.2 Å². The molecule has 0 radical (unpaired) electrons. The Morgan fingerprint density at radius 2 is 1.88 bits per heavy atom. The van der Waals surface area contributed by atoms with E-state index in [4.69, 9.17) is 28.3 Å². The van der Waals surface area contributed by atoms with Crippen molar-refractivity contribution >= 4 is 51.8 Å². The number of fused-ring (bicyclic) bond motifs is 1. The molecule has 0 aliphatic carbocycles. The first kappa shape index (κ1) is 22.2. The third kappa shape index (κ3) is 4.45. The second kappa shape index (κ2) is 9.23. The van der Waals surface area contributed by atoms with Crippen molar-refractivity contribution < 1.29 is 14.7 Å². The summed E-state index contributed by atoms with van der Waals surface area (Å²) in [7, 11) is 0. The summed E-state index contributed by atoms with van der Waals surface area (Å²) < 4.78 is 1.83. The predicted octanol–water partition coefficient (Wildman–Crippen LogP) is 3.07. The number of carbonyl (C=O) groups is 2. The van der Waals surface area contributed by atoms with E-state index < -0.39 is 17.3 Å². The smallest absolute Gasteiger partial charge is 0.317 e. The fourth-order valence-electron chi connectivity index (χ4n) is 3.88. The van der Waals surface area contributed by atoms with Gasteiger partial charge in [0.15, 0.2) is 0 Å². The molecule has 2 N–H and O–H groups in total. The fraction of sp³-hybridized carbons (Fsp3) is 0.286. The maximum atomic E-state index is 13.1. The van der Waals surface area contributed by atoms with Crippen molar-refractivity contribution in [2.45, 2.75) is 18.9 Å². The number of amides is 1. The number of halogens is 2. The lowest BCUT2D eigenvalue weighted by Crippen LogP contribution is -2.38. The molecule has 0 atom stereocenters. The van der Waals surface area contributed by atoms with Gasteiger partial charge in [-0.15, -0.1) is 0 Å². The molecule has 1 fully saturated rings. The zero-order valence-electron chi connectivity index (χ0n) is 16.8. The van der Waals surface area contributed by atoms with Crippen LogP contribution in [0.15, 0.2) is 41.7 Å². The number of carboxylic acids is 1. The van der Waals surface area contributed by atoms with Crippen molar-refractivity contribution in [1.82, 2.24) is 19.4 Å². The Hall–Kier alpha value is -3.01. The van der Waals surface area contributed by atoms with Crippen LogP contribution in [0, 0.1) is 0 Å². The number of nitrogens with one attached hydrogen (secondary N) is 1. The molecule has 32 heavy (non-hydrogen) atoms. The number of carboxylic acid groups (broad SMARTS) is 1. The molecule has 1 aliphatic rings. The van der Waals surface area contributed by atoms with Gasteiger partial charge in [-0.1, -0.05) is 23.2 Å². The number of pyridine rings is 3. The van der Waals surface area contributed by atoms with E-state index in [1.807, 2.05) is 9.47 Å². The van der Waals surface area contributed by atoms with E-state index in [2.05, 4.69) is 15.3 Å². The van der Waals surface area contributed by atoms with Gasteiger partial charge in [-0.25, -0.2) is 4.98 Å². The predicted molar refractivity (Wildman–Crippen MR) is 121 cm³/mol. The van der Waals surface area contributed by atoms with Gasteiger partial charge in [-0.3, -0.25) is 24.3 Å². The van der Waals surface area contributed by atoms with Crippen LogP contribution in [0.25, 0.3) is 11.0 Å². The number of hydrogen-bond acceptors (Lipinski definition) is 6. The Labute approximate surface area is 192 Å². The Bertz CT molecular complexity index is 1230. The molecule has 0 spiro atoms. The average Bonchev–Trinajstić information content (AvgIpc) is 2.77. The quantitative estimate of drug-likeness (QED) is 0.581. The molecule has 0 aromatic carbocycles. The summed E-state index contributed by atoms with van der Waals surface area (Å²) in [5.41, 5.74) is 0.132. The first-order chi connectivity index (χ1) is 15.3. The number of likely N-dealkylation sites (tertiary alicyclic amines) is 1. The summed E-state index contributed by atoms with van der Waals surface area (Å²) in [6.07, 6.45) is 7.10. The largest absolute Gasteiger partial charge is 0.480 e. The number of anilines is 1. The summed E-state index contributed by atoms with van der Waals surface area (Å²) >= 11 is 12.2. The Kier molecular flexibility index (Phi) is 6.40. The van der Waals surface area contributed by atoms with Crippen molar-refractivity contribution in [3.05, 3.63) is 62.8 Å². The van der Waals surface area contributed by atoms with Gasteiger partial charge in [-0.05, 0) is 25.0 Å². The first-order valence-electron chi connectivity index (χ1n) is 9.89. The number of nitrogens with zero attached hydrogens (tertiary/aromatic N) is 4. The van der Waals surface area contributed by atoms with Gasteiger partial charge in [0.1, 0.15) is 11.2 Å². The van der Waals surface area contributed by atoms with Crippen LogP contribution in [0.2, 0.25) is 10.0 Å². The zero-order valence-corrected chi connectivity index (χ0v) is 18.3. The van der Waals surface area contributed by atoms with Gasteiger partial charge in [0.05, 0.1) is 27.7 Å². The van der Waals surface area contributed by atoms with Crippen LogP contribution in [0.3, 0.4) is 0 Å². The van der Waals surface area contributed by atoms with Crippen molar-refractivity contribution in [3.63, 3.8) is 0 Å². The minimum absolute atomic E-state index is 0.0169. The second-order valence-electron chi connectivity index (χ2n) is 7.49. The van der Waals surface area contributed by atoms with E-state index in [1.54, 1.807) is 18.3 Å². The van der Waals surface area contributed by atoms with Crippen molar-refractivity contribution in [3.8, 4) is 0 Å². The molecule has 4 heterocycles. The molecule has 0 saturated carbocycles. The standard InChI is InChI=1S/C21H19Cl2N5O4/c22-15-8-24-9-16(23)18(15)26-21(32)14-10-28(20-13(19(14)31)2-1-5-25-20)12-3-6-27(7-4-12)11-17(29)30/h1-2,5,8-10,12H,3-4,6-7,11H2,(H,29,30)(H,24,26,32). The van der Waals surface area contributed by atoms with Gasteiger partial charge < -0.3 is 15.0 Å². The molecular formula is C21H19Cl2N5O4. The van der Waals surface area contributed by atoms with Crippen LogP contribution in [-0.2, 0) is 4.79 Å². The molecule has 3 aromatic heterocycles. The third-order valence-electron chi connectivity index (χ3n) is 5.43. The summed E-state index contributed by atoms with van der Waals surface area (Å²) in [4.78, 5) is 47.2. The maximum absolute atomic E-state index is 13.1. The van der Waals surface area contributed by atoms with Crippen LogP contribution < -0.4 is 10.7 Å². The summed E-state index contributed by atoms with van der Waals surface area (Å²) in [6, 6.07) is 3.23. The van der Waals surface area contributed by atoms with Crippen molar-refractivity contribution in [2.75, 3.05) is 25.0 Å². The fourth-order valence-corrected chi connectivity index (χ4v) is 4.34. The lowest BCUT2D eigenvalue weighted by Gasteiger charge is -2.32. The molecule has 166 valence electrons. The van der Waals surface area contributed by atoms with Crippen LogP contribution in [0.1, 0.15) is 29.2 Å². The van der Waals surface area contributed by atoms with E-state index >= 15 is 0 Å². The van der Waals surface area contributed by atoms with Crippen LogP contribution in [-0.4, -0.2) is 56.1 Å². The highest BCUT2D eigenvalue weighted by Gasteiger charge is 2.25. The monoisotopic (exact) mass is 475 g/mol. The number of aromatic nitrogens is 3. The van der Waals surface area contributed by atoms with E-state index in [0.29, 0.717) is 37.0 Å². The molecule has 4 rings (SSSR count). The minimum atomic E-state index is -0.869. The molecule has 0 unspecified atom stereocenters. The molecule has 1 amide bonds. The lowest BCUT2D eigenvalue weighted by molar-refractivity contribution is -0.138.